The van der Waals surface area contributed by atoms with Crippen molar-refractivity contribution in [1.82, 2.24) is 14.9 Å². The highest BCUT2D eigenvalue weighted by Crippen LogP contribution is 2.31. The molecule has 0 spiro atoms. The number of H-pyrrole nitrogens is 1. The number of piperidine rings is 1. The maximum atomic E-state index is 12.8. The monoisotopic (exact) mass is 409 g/mol. The Morgan fingerprint density at radius 1 is 1.20 bits per heavy atom. The van der Waals surface area contributed by atoms with Gasteiger partial charge >= 0.3 is 5.69 Å². The zero-order valence-electron chi connectivity index (χ0n) is 17.7. The molecule has 1 aromatic heterocycles. The second kappa shape index (κ2) is 9.06. The second-order valence-corrected chi connectivity index (χ2v) is 8.39. The minimum Gasteiger partial charge on any atom is -0.491 e. The van der Waals surface area contributed by atoms with E-state index in [9.17, 15) is 9.90 Å². The molecule has 1 aliphatic rings. The van der Waals surface area contributed by atoms with Crippen LogP contribution in [-0.2, 0) is 0 Å². The second-order valence-electron chi connectivity index (χ2n) is 8.39. The van der Waals surface area contributed by atoms with Gasteiger partial charge in [-0.1, -0.05) is 24.3 Å². The molecule has 4 rings (SSSR count). The van der Waals surface area contributed by atoms with Crippen LogP contribution in [-0.4, -0.2) is 40.5 Å². The molecule has 3 N–H and O–H groups in total. The average molecular weight is 410 g/mol. The van der Waals surface area contributed by atoms with Crippen molar-refractivity contribution in [1.29, 1.82) is 0 Å². The summed E-state index contributed by atoms with van der Waals surface area (Å²) < 4.78 is 7.78. The summed E-state index contributed by atoms with van der Waals surface area (Å²) in [4.78, 5) is 15.8. The number of aromatic amines is 1. The van der Waals surface area contributed by atoms with Gasteiger partial charge in [0.1, 0.15) is 12.4 Å². The number of hydrogen-bond donors (Lipinski definition) is 3. The smallest absolute Gasteiger partial charge is 0.326 e. The van der Waals surface area contributed by atoms with Crippen LogP contribution >= 0.6 is 0 Å². The number of rotatable bonds is 7. The lowest BCUT2D eigenvalue weighted by atomic mass is 9.88. The van der Waals surface area contributed by atoms with E-state index >= 15 is 0 Å². The van der Waals surface area contributed by atoms with Gasteiger partial charge in [0.05, 0.1) is 17.1 Å². The first kappa shape index (κ1) is 20.7. The van der Waals surface area contributed by atoms with Crippen molar-refractivity contribution in [3.05, 3.63) is 64.1 Å². The van der Waals surface area contributed by atoms with Crippen LogP contribution < -0.4 is 15.7 Å². The lowest BCUT2D eigenvalue weighted by Crippen LogP contribution is -2.39. The highest BCUT2D eigenvalue weighted by Gasteiger charge is 2.30. The summed E-state index contributed by atoms with van der Waals surface area (Å²) in [5.74, 6) is 1.08. The van der Waals surface area contributed by atoms with E-state index in [4.69, 9.17) is 4.74 Å². The molecule has 1 saturated heterocycles. The Hall–Kier alpha value is -2.57. The van der Waals surface area contributed by atoms with E-state index in [1.165, 1.54) is 5.56 Å². The number of fused-ring (bicyclic) bond motifs is 1. The number of aryl methyl sites for hydroxylation is 1. The summed E-state index contributed by atoms with van der Waals surface area (Å²) in [6.07, 6.45) is 1.91. The number of aliphatic hydroxyl groups is 1. The minimum absolute atomic E-state index is 0.0985. The summed E-state index contributed by atoms with van der Waals surface area (Å²) in [6.45, 7) is 6.14. The van der Waals surface area contributed by atoms with Gasteiger partial charge in [-0.3, -0.25) is 4.57 Å². The number of benzene rings is 2. The molecule has 0 saturated carbocycles. The fourth-order valence-electron chi connectivity index (χ4n) is 4.53. The Labute approximate surface area is 176 Å². The van der Waals surface area contributed by atoms with Crippen LogP contribution in [0.3, 0.4) is 0 Å². The maximum Gasteiger partial charge on any atom is 0.326 e. The van der Waals surface area contributed by atoms with E-state index in [0.29, 0.717) is 6.42 Å². The van der Waals surface area contributed by atoms with Crippen molar-refractivity contribution in [2.45, 2.75) is 45.3 Å². The summed E-state index contributed by atoms with van der Waals surface area (Å²) in [7, 11) is 0. The Morgan fingerprint density at radius 3 is 2.83 bits per heavy atom. The van der Waals surface area contributed by atoms with Crippen molar-refractivity contribution in [3.63, 3.8) is 0 Å². The molecule has 1 fully saturated rings. The quantitative estimate of drug-likeness (QED) is 0.559. The first-order chi connectivity index (χ1) is 14.5. The van der Waals surface area contributed by atoms with Crippen LogP contribution in [0.4, 0.5) is 0 Å². The molecule has 0 aliphatic carbocycles. The zero-order chi connectivity index (χ0) is 21.1. The van der Waals surface area contributed by atoms with Gasteiger partial charge in [0.2, 0.25) is 0 Å². The molecule has 6 heteroatoms. The highest BCUT2D eigenvalue weighted by atomic mass is 16.5. The molecular weight excluding hydrogens is 378 g/mol. The van der Waals surface area contributed by atoms with Crippen molar-refractivity contribution < 1.29 is 9.84 Å². The van der Waals surface area contributed by atoms with Gasteiger partial charge in [0, 0.05) is 6.04 Å². The number of nitrogens with one attached hydrogen (secondary N) is 2. The molecule has 2 aromatic carbocycles. The maximum absolute atomic E-state index is 12.8. The molecule has 1 aliphatic heterocycles. The van der Waals surface area contributed by atoms with E-state index in [1.54, 1.807) is 0 Å². The summed E-state index contributed by atoms with van der Waals surface area (Å²) >= 11 is 0. The summed E-state index contributed by atoms with van der Waals surface area (Å²) in [5.41, 5.74) is 3.86. The molecule has 0 radical (unpaired) electrons. The number of ether oxygens (including phenoxy) is 1. The number of aromatic nitrogens is 2. The zero-order valence-corrected chi connectivity index (χ0v) is 17.7. The first-order valence-corrected chi connectivity index (χ1v) is 10.8. The third kappa shape index (κ3) is 4.30. The Morgan fingerprint density at radius 2 is 2.03 bits per heavy atom. The number of nitrogens with zero attached hydrogens (tertiary/aromatic N) is 1. The van der Waals surface area contributed by atoms with Gasteiger partial charge in [-0.25, -0.2) is 4.79 Å². The van der Waals surface area contributed by atoms with E-state index in [0.717, 1.165) is 48.3 Å². The number of aliphatic hydroxyl groups excluding tert-OH is 1. The van der Waals surface area contributed by atoms with Crippen molar-refractivity contribution in [2.24, 2.45) is 5.92 Å². The topological polar surface area (TPSA) is 79.3 Å². The molecule has 160 valence electrons. The fraction of sp³-hybridized carbons (Fsp3) is 0.458. The highest BCUT2D eigenvalue weighted by molar-refractivity contribution is 5.75. The first-order valence-electron chi connectivity index (χ1n) is 10.8. The van der Waals surface area contributed by atoms with E-state index in [2.05, 4.69) is 10.3 Å². The molecule has 3 atom stereocenters. The van der Waals surface area contributed by atoms with Crippen molar-refractivity contribution >= 4 is 11.0 Å². The van der Waals surface area contributed by atoms with Crippen LogP contribution in [0.1, 0.15) is 36.4 Å². The third-order valence-electron chi connectivity index (χ3n) is 6.33. The number of para-hydroxylation sites is 2. The van der Waals surface area contributed by atoms with Gasteiger partial charge in [0.25, 0.3) is 0 Å². The normalized spacial score (nSPS) is 19.0. The lowest BCUT2D eigenvalue weighted by Gasteiger charge is -2.33. The van der Waals surface area contributed by atoms with Crippen LogP contribution in [0.25, 0.3) is 11.0 Å². The Balaban J connectivity index is 1.56. The van der Waals surface area contributed by atoms with Gasteiger partial charge < -0.3 is 20.1 Å². The molecule has 30 heavy (non-hydrogen) atoms. The van der Waals surface area contributed by atoms with Crippen LogP contribution in [0, 0.1) is 19.8 Å². The summed E-state index contributed by atoms with van der Waals surface area (Å²) in [5, 5.41) is 14.3. The molecule has 2 heterocycles. The number of hydrogen-bond acceptors (Lipinski definition) is 4. The van der Waals surface area contributed by atoms with E-state index in [1.807, 2.05) is 60.9 Å². The molecule has 0 bridgehead atoms. The molecule has 3 unspecified atom stereocenters. The van der Waals surface area contributed by atoms with Crippen molar-refractivity contribution in [2.75, 3.05) is 19.7 Å². The minimum atomic E-state index is -0.669. The molecular formula is C24H31N3O3. The van der Waals surface area contributed by atoms with E-state index < -0.39 is 6.10 Å². The molecule has 3 aromatic rings. The lowest BCUT2D eigenvalue weighted by molar-refractivity contribution is 0.0726. The Bertz CT molecular complexity index is 1050. The predicted molar refractivity (Wildman–Crippen MR) is 119 cm³/mol. The van der Waals surface area contributed by atoms with Gasteiger partial charge in [-0.2, -0.15) is 0 Å². The van der Waals surface area contributed by atoms with Gasteiger partial charge in [0.15, 0.2) is 0 Å². The largest absolute Gasteiger partial charge is 0.491 e. The predicted octanol–water partition coefficient (Wildman–Crippen LogP) is 3.32. The van der Waals surface area contributed by atoms with Crippen molar-refractivity contribution in [3.8, 4) is 5.75 Å². The van der Waals surface area contributed by atoms with Gasteiger partial charge in [-0.15, -0.1) is 0 Å². The molecule has 0 amide bonds. The van der Waals surface area contributed by atoms with Gasteiger partial charge in [-0.05, 0) is 81.4 Å². The SMILES string of the molecule is Cc1cccc(OCC(O)CC(C2CCCNC2)n2c(=O)[nH]c3ccccc32)c1C. The molecule has 6 nitrogen and oxygen atoms in total. The summed E-state index contributed by atoms with van der Waals surface area (Å²) in [6, 6.07) is 13.6. The average Bonchev–Trinajstić information content (AvgIpc) is 3.09. The fourth-order valence-corrected chi connectivity index (χ4v) is 4.53. The third-order valence-corrected chi connectivity index (χ3v) is 6.33. The number of imidazole rings is 1. The van der Waals surface area contributed by atoms with Crippen LogP contribution in [0.15, 0.2) is 47.3 Å². The van der Waals surface area contributed by atoms with E-state index in [-0.39, 0.29) is 24.3 Å². The van der Waals surface area contributed by atoms with Crippen LogP contribution in [0.2, 0.25) is 0 Å². The standard InChI is InChI=1S/C24H31N3O3/c1-16-7-5-11-23(17(16)2)30-15-19(28)13-22(18-8-6-12-25-14-18)27-21-10-4-3-9-20(21)26-24(27)29/h3-5,7,9-11,18-19,22,25,28H,6,8,12-15H2,1-2H3,(H,26,29). The Kier molecular flexibility index (Phi) is 6.25. The van der Waals surface area contributed by atoms with Crippen LogP contribution in [0.5, 0.6) is 5.75 Å².